The van der Waals surface area contributed by atoms with Crippen LogP contribution in [0.3, 0.4) is 0 Å². The van der Waals surface area contributed by atoms with Gasteiger partial charge < -0.3 is 4.74 Å². The zero-order chi connectivity index (χ0) is 16.2. The Kier molecular flexibility index (Phi) is 4.83. The van der Waals surface area contributed by atoms with Crippen molar-refractivity contribution < 1.29 is 4.74 Å². The van der Waals surface area contributed by atoms with Gasteiger partial charge in [0, 0.05) is 5.75 Å². The summed E-state index contributed by atoms with van der Waals surface area (Å²) in [6, 6.07) is 12.0. The molecule has 0 atom stereocenters. The Morgan fingerprint density at radius 1 is 1.26 bits per heavy atom. The molecule has 2 heterocycles. The molecule has 4 nitrogen and oxygen atoms in total. The first-order chi connectivity index (χ1) is 11.2. The van der Waals surface area contributed by atoms with Crippen molar-refractivity contribution in [3.8, 4) is 22.1 Å². The lowest BCUT2D eigenvalue weighted by atomic mass is 10.3. The molecule has 0 bridgehead atoms. The van der Waals surface area contributed by atoms with Crippen LogP contribution in [0.25, 0.3) is 16.4 Å². The van der Waals surface area contributed by atoms with Gasteiger partial charge in [0.05, 0.1) is 17.7 Å². The zero-order valence-corrected chi connectivity index (χ0v) is 14.7. The first-order valence-corrected chi connectivity index (χ1v) is 8.97. The molecule has 0 N–H and O–H groups in total. The fourth-order valence-corrected chi connectivity index (χ4v) is 3.63. The summed E-state index contributed by atoms with van der Waals surface area (Å²) in [4.78, 5) is 1.07. The summed E-state index contributed by atoms with van der Waals surface area (Å²) in [7, 11) is 1.68. The molecule has 0 unspecified atom stereocenters. The quantitative estimate of drug-likeness (QED) is 0.481. The van der Waals surface area contributed by atoms with Crippen LogP contribution in [0.15, 0.2) is 59.1 Å². The summed E-state index contributed by atoms with van der Waals surface area (Å²) in [5.74, 6) is 2.42. The van der Waals surface area contributed by atoms with E-state index in [2.05, 4.69) is 21.3 Å². The van der Waals surface area contributed by atoms with Crippen LogP contribution in [0.1, 0.15) is 6.92 Å². The van der Waals surface area contributed by atoms with Gasteiger partial charge in [0.1, 0.15) is 5.75 Å². The summed E-state index contributed by atoms with van der Waals surface area (Å²) < 4.78 is 7.58. The molecular formula is C17H17N3OS2. The molecule has 0 aliphatic carbocycles. The monoisotopic (exact) mass is 343 g/mol. The minimum absolute atomic E-state index is 0.794. The van der Waals surface area contributed by atoms with Crippen molar-refractivity contribution in [2.75, 3.05) is 12.9 Å². The van der Waals surface area contributed by atoms with Crippen LogP contribution in [-0.2, 0) is 0 Å². The summed E-state index contributed by atoms with van der Waals surface area (Å²) in [5.41, 5.74) is 2.04. The molecule has 0 amide bonds. The number of benzene rings is 1. The third kappa shape index (κ3) is 3.33. The molecule has 0 radical (unpaired) electrons. The van der Waals surface area contributed by atoms with E-state index in [1.807, 2.05) is 48.7 Å². The topological polar surface area (TPSA) is 39.9 Å². The third-order valence-electron chi connectivity index (χ3n) is 3.15. The third-order valence-corrected chi connectivity index (χ3v) is 5.17. The molecule has 118 valence electrons. The van der Waals surface area contributed by atoms with E-state index in [1.165, 1.54) is 0 Å². The van der Waals surface area contributed by atoms with Gasteiger partial charge in [0.15, 0.2) is 11.0 Å². The molecule has 0 saturated heterocycles. The van der Waals surface area contributed by atoms with Crippen molar-refractivity contribution in [2.24, 2.45) is 0 Å². The lowest BCUT2D eigenvalue weighted by molar-refractivity contribution is 0.412. The number of hydrogen-bond acceptors (Lipinski definition) is 5. The van der Waals surface area contributed by atoms with Crippen molar-refractivity contribution in [3.63, 3.8) is 0 Å². The van der Waals surface area contributed by atoms with E-state index in [9.17, 15) is 0 Å². The summed E-state index contributed by atoms with van der Waals surface area (Å²) in [6.07, 6.45) is 0. The summed E-state index contributed by atoms with van der Waals surface area (Å²) in [6.45, 7) is 5.97. The maximum absolute atomic E-state index is 5.52. The maximum Gasteiger partial charge on any atom is 0.196 e. The van der Waals surface area contributed by atoms with Gasteiger partial charge in [-0.3, -0.25) is 4.57 Å². The number of methoxy groups -OCH3 is 1. The van der Waals surface area contributed by atoms with E-state index in [4.69, 9.17) is 4.74 Å². The zero-order valence-electron chi connectivity index (χ0n) is 13.0. The van der Waals surface area contributed by atoms with Crippen LogP contribution in [-0.4, -0.2) is 27.6 Å². The van der Waals surface area contributed by atoms with E-state index in [-0.39, 0.29) is 0 Å². The van der Waals surface area contributed by atoms with Gasteiger partial charge in [0.2, 0.25) is 0 Å². The number of ether oxygens (including phenoxy) is 1. The highest BCUT2D eigenvalue weighted by atomic mass is 32.2. The Morgan fingerprint density at radius 2 is 2.09 bits per heavy atom. The normalized spacial score (nSPS) is 10.7. The molecule has 0 saturated carbocycles. The molecule has 0 fully saturated rings. The Bertz CT molecular complexity index is 809. The summed E-state index contributed by atoms with van der Waals surface area (Å²) >= 11 is 3.27. The maximum atomic E-state index is 5.52. The number of nitrogens with zero attached hydrogens (tertiary/aromatic N) is 3. The molecule has 3 aromatic rings. The average Bonchev–Trinajstić information content (AvgIpc) is 3.21. The van der Waals surface area contributed by atoms with Gasteiger partial charge in [-0.05, 0) is 30.5 Å². The van der Waals surface area contributed by atoms with E-state index < -0.39 is 0 Å². The fraction of sp³-hybridized carbons (Fsp3) is 0.176. The standard InChI is InChI=1S/C17H17N3OS2/c1-12(2)11-23-17-19-18-16(15-9-6-10-22-15)20(17)13-7-4-5-8-14(13)21-3/h4-10H,1,11H2,2-3H3. The van der Waals surface area contributed by atoms with Crippen LogP contribution in [0, 0.1) is 0 Å². The molecule has 0 aliphatic rings. The predicted molar refractivity (Wildman–Crippen MR) is 96.8 cm³/mol. The van der Waals surface area contributed by atoms with Crippen LogP contribution >= 0.6 is 23.1 Å². The van der Waals surface area contributed by atoms with Gasteiger partial charge in [-0.1, -0.05) is 42.1 Å². The molecule has 0 spiro atoms. The van der Waals surface area contributed by atoms with Crippen molar-refractivity contribution in [2.45, 2.75) is 12.1 Å². The fourth-order valence-electron chi connectivity index (χ4n) is 2.15. The van der Waals surface area contributed by atoms with Crippen molar-refractivity contribution >= 4 is 23.1 Å². The predicted octanol–water partition coefficient (Wildman–Crippen LogP) is 4.67. The molecule has 0 aliphatic heterocycles. The van der Waals surface area contributed by atoms with Crippen molar-refractivity contribution in [1.82, 2.24) is 14.8 Å². The number of thiophene rings is 1. The van der Waals surface area contributed by atoms with Crippen LogP contribution in [0.4, 0.5) is 0 Å². The lowest BCUT2D eigenvalue weighted by Crippen LogP contribution is -2.02. The second kappa shape index (κ2) is 7.02. The lowest BCUT2D eigenvalue weighted by Gasteiger charge is -2.13. The Labute approximate surface area is 143 Å². The highest BCUT2D eigenvalue weighted by Gasteiger charge is 2.19. The van der Waals surface area contributed by atoms with E-state index in [0.29, 0.717) is 0 Å². The highest BCUT2D eigenvalue weighted by Crippen LogP contribution is 2.34. The molecule has 1 aromatic carbocycles. The average molecular weight is 343 g/mol. The largest absolute Gasteiger partial charge is 0.495 e. The second-order valence-corrected chi connectivity index (χ2v) is 6.93. The van der Waals surface area contributed by atoms with Gasteiger partial charge in [-0.15, -0.1) is 21.5 Å². The Hall–Kier alpha value is -2.05. The van der Waals surface area contributed by atoms with E-state index in [1.54, 1.807) is 30.2 Å². The van der Waals surface area contributed by atoms with Crippen molar-refractivity contribution in [3.05, 3.63) is 53.9 Å². The highest BCUT2D eigenvalue weighted by molar-refractivity contribution is 7.99. The minimum Gasteiger partial charge on any atom is -0.495 e. The van der Waals surface area contributed by atoms with Crippen molar-refractivity contribution in [1.29, 1.82) is 0 Å². The second-order valence-electron chi connectivity index (χ2n) is 5.04. The van der Waals surface area contributed by atoms with Crippen LogP contribution in [0.2, 0.25) is 0 Å². The number of aromatic nitrogens is 3. The van der Waals surface area contributed by atoms with Gasteiger partial charge >= 0.3 is 0 Å². The first kappa shape index (κ1) is 15.8. The Balaban J connectivity index is 2.14. The molecule has 23 heavy (non-hydrogen) atoms. The van der Waals surface area contributed by atoms with Crippen LogP contribution < -0.4 is 4.74 Å². The van der Waals surface area contributed by atoms with Crippen LogP contribution in [0.5, 0.6) is 5.75 Å². The molecule has 2 aromatic heterocycles. The molecular weight excluding hydrogens is 326 g/mol. The van der Waals surface area contributed by atoms with E-state index in [0.717, 1.165) is 38.6 Å². The SMILES string of the molecule is C=C(C)CSc1nnc(-c2cccs2)n1-c1ccccc1OC. The number of para-hydroxylation sites is 2. The minimum atomic E-state index is 0.794. The number of thioether (sulfide) groups is 1. The van der Waals surface area contributed by atoms with Gasteiger partial charge in [0.25, 0.3) is 0 Å². The Morgan fingerprint density at radius 3 is 2.78 bits per heavy atom. The van der Waals surface area contributed by atoms with E-state index >= 15 is 0 Å². The number of hydrogen-bond donors (Lipinski definition) is 0. The van der Waals surface area contributed by atoms with Gasteiger partial charge in [-0.2, -0.15) is 0 Å². The van der Waals surface area contributed by atoms with Gasteiger partial charge in [-0.25, -0.2) is 0 Å². The molecule has 3 rings (SSSR count). The molecule has 6 heteroatoms. The summed E-state index contributed by atoms with van der Waals surface area (Å²) in [5, 5.41) is 11.7. The number of rotatable bonds is 6. The first-order valence-electron chi connectivity index (χ1n) is 7.10. The smallest absolute Gasteiger partial charge is 0.196 e.